The average molecular weight is 781 g/mol. The van der Waals surface area contributed by atoms with E-state index in [2.05, 4.69) is 171 Å². The first-order valence-corrected chi connectivity index (χ1v) is 20.4. The van der Waals surface area contributed by atoms with E-state index in [-0.39, 0.29) is 11.6 Å². The van der Waals surface area contributed by atoms with Crippen molar-refractivity contribution in [3.8, 4) is 22.3 Å². The van der Waals surface area contributed by atoms with Crippen LogP contribution in [0.2, 0.25) is 0 Å². The van der Waals surface area contributed by atoms with Gasteiger partial charge < -0.3 is 9.80 Å². The quantitative estimate of drug-likeness (QED) is 0.142. The summed E-state index contributed by atoms with van der Waals surface area (Å²) in [5.41, 5.74) is 14.7. The number of hydrogen-bond acceptors (Lipinski definition) is 2. The first-order valence-electron chi connectivity index (χ1n) is 20.4. The van der Waals surface area contributed by atoms with Crippen molar-refractivity contribution in [2.24, 2.45) is 0 Å². The normalized spacial score (nSPS) is 11.5. The van der Waals surface area contributed by atoms with Crippen molar-refractivity contribution in [2.75, 3.05) is 9.80 Å². The molecular formula is C56H42F2N2. The molecule has 0 N–H and O–H groups in total. The maximum Gasteiger partial charge on any atom is 0.123 e. The molecule has 0 aliphatic heterocycles. The van der Waals surface area contributed by atoms with E-state index in [4.69, 9.17) is 0 Å². The zero-order valence-electron chi connectivity index (χ0n) is 34.0. The second-order valence-corrected chi connectivity index (χ2v) is 16.0. The summed E-state index contributed by atoms with van der Waals surface area (Å²) in [5.74, 6) is -0.558. The minimum atomic E-state index is -0.279. The van der Waals surface area contributed by atoms with Gasteiger partial charge in [0, 0.05) is 44.3 Å². The summed E-state index contributed by atoms with van der Waals surface area (Å²) < 4.78 is 29.2. The van der Waals surface area contributed by atoms with Crippen molar-refractivity contribution in [1.82, 2.24) is 0 Å². The number of hydrogen-bond donors (Lipinski definition) is 0. The van der Waals surface area contributed by atoms with Crippen LogP contribution in [0, 0.1) is 39.3 Å². The molecule has 0 bridgehead atoms. The lowest BCUT2D eigenvalue weighted by molar-refractivity contribution is 0.627. The van der Waals surface area contributed by atoms with Crippen LogP contribution in [0.3, 0.4) is 0 Å². The Bertz CT molecular complexity index is 2840. The van der Waals surface area contributed by atoms with Crippen LogP contribution in [0.5, 0.6) is 0 Å². The van der Waals surface area contributed by atoms with Crippen molar-refractivity contribution in [1.29, 1.82) is 0 Å². The van der Waals surface area contributed by atoms with Gasteiger partial charge in [-0.25, -0.2) is 8.78 Å². The Morgan fingerprint density at radius 3 is 0.850 bits per heavy atom. The maximum absolute atomic E-state index is 14.6. The fraction of sp³-hybridized carbons (Fsp3) is 0.0714. The van der Waals surface area contributed by atoms with Gasteiger partial charge in [0.05, 0.1) is 11.4 Å². The molecule has 0 fully saturated rings. The fourth-order valence-electron chi connectivity index (χ4n) is 8.69. The van der Waals surface area contributed by atoms with Crippen LogP contribution >= 0.6 is 0 Å². The molecule has 0 atom stereocenters. The number of rotatable bonds is 8. The highest BCUT2D eigenvalue weighted by Crippen LogP contribution is 2.52. The SMILES string of the molecule is Cc1ccc(N(c2ccc(C)cc2)c2cc(-c3ccc(F)cc3)c3ccc4c(N(c5ccc(C)cc5)c5ccc(C)cc5)cc(-c5ccc(F)cc5)c5ccc2c3c54)cc1. The summed E-state index contributed by atoms with van der Waals surface area (Å²) in [6.07, 6.45) is 0. The minimum absolute atomic E-state index is 0.279. The molecule has 0 radical (unpaired) electrons. The van der Waals surface area contributed by atoms with Crippen LogP contribution in [0.4, 0.5) is 42.9 Å². The van der Waals surface area contributed by atoms with E-state index < -0.39 is 0 Å². The molecule has 0 saturated heterocycles. The topological polar surface area (TPSA) is 6.48 Å². The Morgan fingerprint density at radius 1 is 0.300 bits per heavy atom. The van der Waals surface area contributed by atoms with Gasteiger partial charge in [-0.1, -0.05) is 119 Å². The van der Waals surface area contributed by atoms with Gasteiger partial charge in [0.15, 0.2) is 0 Å². The fourth-order valence-corrected chi connectivity index (χ4v) is 8.69. The van der Waals surface area contributed by atoms with Crippen LogP contribution in [0.15, 0.2) is 182 Å². The Morgan fingerprint density at radius 2 is 0.567 bits per heavy atom. The number of nitrogens with zero attached hydrogens (tertiary/aromatic N) is 2. The summed E-state index contributed by atoms with van der Waals surface area (Å²) in [4.78, 5) is 4.68. The Labute approximate surface area is 349 Å². The van der Waals surface area contributed by atoms with Gasteiger partial charge in [0.25, 0.3) is 0 Å². The number of aryl methyl sites for hydroxylation is 4. The van der Waals surface area contributed by atoms with E-state index in [9.17, 15) is 8.78 Å². The molecule has 0 aliphatic carbocycles. The Hall–Kier alpha value is -7.30. The molecule has 60 heavy (non-hydrogen) atoms. The van der Waals surface area contributed by atoms with Crippen molar-refractivity contribution >= 4 is 66.4 Å². The lowest BCUT2D eigenvalue weighted by atomic mass is 9.85. The molecule has 10 aromatic rings. The van der Waals surface area contributed by atoms with Gasteiger partial charge in [-0.15, -0.1) is 0 Å². The van der Waals surface area contributed by atoms with Gasteiger partial charge >= 0.3 is 0 Å². The van der Waals surface area contributed by atoms with Crippen molar-refractivity contribution in [3.63, 3.8) is 0 Å². The highest BCUT2D eigenvalue weighted by Gasteiger charge is 2.26. The minimum Gasteiger partial charge on any atom is -0.310 e. The van der Waals surface area contributed by atoms with Crippen molar-refractivity contribution in [3.05, 3.63) is 216 Å². The highest BCUT2D eigenvalue weighted by atomic mass is 19.1. The number of benzene rings is 10. The van der Waals surface area contributed by atoms with E-state index >= 15 is 0 Å². The molecule has 0 amide bonds. The number of halogens is 2. The third-order valence-corrected chi connectivity index (χ3v) is 11.8. The molecule has 0 aromatic heterocycles. The van der Waals surface area contributed by atoms with E-state index in [1.54, 1.807) is 0 Å². The van der Waals surface area contributed by atoms with Crippen LogP contribution in [0.25, 0.3) is 54.6 Å². The van der Waals surface area contributed by atoms with Gasteiger partial charge in [0.2, 0.25) is 0 Å². The predicted molar refractivity (Wildman–Crippen MR) is 249 cm³/mol. The summed E-state index contributed by atoms with van der Waals surface area (Å²) in [6, 6.07) is 61.8. The maximum atomic E-state index is 14.6. The van der Waals surface area contributed by atoms with Crippen molar-refractivity contribution in [2.45, 2.75) is 27.7 Å². The molecular weight excluding hydrogens is 739 g/mol. The zero-order valence-corrected chi connectivity index (χ0v) is 34.0. The summed E-state index contributed by atoms with van der Waals surface area (Å²) in [7, 11) is 0. The lowest BCUT2D eigenvalue weighted by Gasteiger charge is -2.31. The smallest absolute Gasteiger partial charge is 0.123 e. The molecule has 0 unspecified atom stereocenters. The van der Waals surface area contributed by atoms with Gasteiger partial charge in [-0.3, -0.25) is 0 Å². The Balaban J connectivity index is 1.38. The third-order valence-electron chi connectivity index (χ3n) is 11.8. The summed E-state index contributed by atoms with van der Waals surface area (Å²) >= 11 is 0. The second-order valence-electron chi connectivity index (χ2n) is 16.0. The molecule has 10 rings (SSSR count). The zero-order chi connectivity index (χ0) is 41.1. The monoisotopic (exact) mass is 780 g/mol. The summed E-state index contributed by atoms with van der Waals surface area (Å²) in [6.45, 7) is 8.43. The van der Waals surface area contributed by atoms with Gasteiger partial charge in [-0.05, 0) is 146 Å². The Kier molecular flexibility index (Phi) is 9.14. The molecule has 0 saturated carbocycles. The van der Waals surface area contributed by atoms with Crippen LogP contribution in [-0.2, 0) is 0 Å². The van der Waals surface area contributed by atoms with E-state index in [0.29, 0.717) is 0 Å². The lowest BCUT2D eigenvalue weighted by Crippen LogP contribution is -2.12. The second kappa shape index (κ2) is 14.8. The van der Waals surface area contributed by atoms with E-state index in [1.807, 2.05) is 24.3 Å². The predicted octanol–water partition coefficient (Wildman–Crippen LogP) is 16.4. The average Bonchev–Trinajstić information content (AvgIpc) is 3.26. The molecule has 10 aromatic carbocycles. The highest BCUT2D eigenvalue weighted by molar-refractivity contribution is 6.32. The number of anilines is 6. The standard InChI is InChI=1S/C56H42F2N2/c1-35-5-21-43(22-6-35)59(44-23-7-36(2)8-24-44)53-33-51(39-13-17-41(57)18-14-39)47-30-32-50-54(60(45-25-9-37(3)10-26-45)46-27-11-38(4)12-28-46)34-52(40-15-19-42(58)20-16-40)48-29-31-49(53)55(47)56(48)50/h5-34H,1-4H3. The van der Waals surface area contributed by atoms with Crippen molar-refractivity contribution < 1.29 is 8.78 Å². The third kappa shape index (κ3) is 6.51. The molecule has 4 heteroatoms. The molecule has 0 heterocycles. The largest absolute Gasteiger partial charge is 0.310 e. The first kappa shape index (κ1) is 37.0. The van der Waals surface area contributed by atoms with Gasteiger partial charge in [-0.2, -0.15) is 0 Å². The van der Waals surface area contributed by atoms with Crippen LogP contribution < -0.4 is 9.80 Å². The first-order chi connectivity index (χ1) is 29.2. The van der Waals surface area contributed by atoms with Crippen LogP contribution in [0.1, 0.15) is 22.3 Å². The molecule has 290 valence electrons. The molecule has 0 aliphatic rings. The van der Waals surface area contributed by atoms with E-state index in [1.165, 1.54) is 46.5 Å². The van der Waals surface area contributed by atoms with Gasteiger partial charge in [0.1, 0.15) is 11.6 Å². The van der Waals surface area contributed by atoms with E-state index in [0.717, 1.165) is 88.7 Å². The summed E-state index contributed by atoms with van der Waals surface area (Å²) in [5, 5.41) is 6.48. The van der Waals surface area contributed by atoms with Crippen LogP contribution in [-0.4, -0.2) is 0 Å². The molecule has 2 nitrogen and oxygen atoms in total. The molecule has 0 spiro atoms.